The zero-order valence-electron chi connectivity index (χ0n) is 17.0. The Morgan fingerprint density at radius 2 is 1.77 bits per heavy atom. The molecular formula is C22H23BrFN3O3. The second-order valence-electron chi connectivity index (χ2n) is 6.81. The minimum atomic E-state index is -0.275. The lowest BCUT2D eigenvalue weighted by Gasteiger charge is -2.18. The van der Waals surface area contributed by atoms with E-state index in [1.807, 2.05) is 6.07 Å². The van der Waals surface area contributed by atoms with E-state index in [0.717, 1.165) is 29.8 Å². The van der Waals surface area contributed by atoms with Gasteiger partial charge >= 0.3 is 0 Å². The number of hydrogen-bond donors (Lipinski definition) is 1. The molecule has 0 aliphatic heterocycles. The molecule has 1 aromatic heterocycles. The van der Waals surface area contributed by atoms with E-state index >= 15 is 0 Å². The fourth-order valence-corrected chi connectivity index (χ4v) is 3.63. The number of aromatic amines is 1. The molecular weight excluding hydrogens is 453 g/mol. The summed E-state index contributed by atoms with van der Waals surface area (Å²) in [4.78, 5) is 14.5. The Morgan fingerprint density at radius 3 is 2.37 bits per heavy atom. The zero-order chi connectivity index (χ0) is 21.7. The molecule has 0 unspecified atom stereocenters. The van der Waals surface area contributed by atoms with Gasteiger partial charge in [-0.25, -0.2) is 4.39 Å². The van der Waals surface area contributed by atoms with Crippen LogP contribution in [0, 0.1) is 5.82 Å². The average molecular weight is 476 g/mol. The Balaban J connectivity index is 1.59. The first-order chi connectivity index (χ1) is 14.4. The van der Waals surface area contributed by atoms with Crippen molar-refractivity contribution in [3.05, 3.63) is 64.0 Å². The highest BCUT2D eigenvalue weighted by Crippen LogP contribution is 2.35. The summed E-state index contributed by atoms with van der Waals surface area (Å²) in [7, 11) is 4.85. The summed E-state index contributed by atoms with van der Waals surface area (Å²) in [6.45, 7) is 0.574. The maximum absolute atomic E-state index is 13.1. The number of hydrogen-bond acceptors (Lipinski definition) is 4. The molecule has 158 valence electrons. The lowest BCUT2D eigenvalue weighted by atomic mass is 10.1. The molecule has 0 spiro atoms. The van der Waals surface area contributed by atoms with E-state index in [0.29, 0.717) is 28.1 Å². The van der Waals surface area contributed by atoms with Crippen LogP contribution in [-0.2, 0) is 6.42 Å². The number of ether oxygens (including phenoxy) is 2. The number of benzene rings is 2. The lowest BCUT2D eigenvalue weighted by Crippen LogP contribution is -2.28. The van der Waals surface area contributed by atoms with Crippen LogP contribution in [0.5, 0.6) is 11.5 Å². The summed E-state index contributed by atoms with van der Waals surface area (Å²) in [5.74, 6) is 0.688. The number of H-pyrrole nitrogens is 1. The van der Waals surface area contributed by atoms with Crippen LogP contribution >= 0.6 is 15.9 Å². The SMILES string of the molecule is COc1cc(C(=O)N(C)CCCc2cc(-c3ccc(F)cc3)n[nH]2)cc(OC)c1Br. The Hall–Kier alpha value is -2.87. The van der Waals surface area contributed by atoms with Gasteiger partial charge in [-0.3, -0.25) is 9.89 Å². The van der Waals surface area contributed by atoms with Crippen molar-refractivity contribution in [1.29, 1.82) is 0 Å². The molecule has 0 saturated carbocycles. The van der Waals surface area contributed by atoms with Gasteiger partial charge in [-0.2, -0.15) is 5.10 Å². The average Bonchev–Trinajstić information content (AvgIpc) is 3.22. The van der Waals surface area contributed by atoms with Crippen LogP contribution < -0.4 is 9.47 Å². The van der Waals surface area contributed by atoms with Crippen LogP contribution in [0.25, 0.3) is 11.3 Å². The Labute approximate surface area is 183 Å². The number of nitrogens with zero attached hydrogens (tertiary/aromatic N) is 2. The minimum Gasteiger partial charge on any atom is -0.495 e. The first-order valence-corrected chi connectivity index (χ1v) is 10.2. The number of methoxy groups -OCH3 is 2. The van der Waals surface area contributed by atoms with Gasteiger partial charge in [-0.05, 0) is 71.2 Å². The molecule has 3 aromatic rings. The highest BCUT2D eigenvalue weighted by molar-refractivity contribution is 9.10. The Kier molecular flexibility index (Phi) is 7.10. The van der Waals surface area contributed by atoms with Crippen molar-refractivity contribution in [2.75, 3.05) is 27.8 Å². The van der Waals surface area contributed by atoms with Crippen molar-refractivity contribution in [3.63, 3.8) is 0 Å². The number of aryl methyl sites for hydroxylation is 1. The van der Waals surface area contributed by atoms with Crippen LogP contribution in [0.4, 0.5) is 4.39 Å². The zero-order valence-corrected chi connectivity index (χ0v) is 18.6. The molecule has 0 bridgehead atoms. The number of aromatic nitrogens is 2. The molecule has 0 fully saturated rings. The quantitative estimate of drug-likeness (QED) is 0.512. The molecule has 1 amide bonds. The third-order valence-corrected chi connectivity index (χ3v) is 5.53. The highest BCUT2D eigenvalue weighted by atomic mass is 79.9. The van der Waals surface area contributed by atoms with Crippen molar-refractivity contribution in [1.82, 2.24) is 15.1 Å². The van der Waals surface area contributed by atoms with Gasteiger partial charge in [-0.15, -0.1) is 0 Å². The first-order valence-electron chi connectivity index (χ1n) is 9.40. The van der Waals surface area contributed by atoms with E-state index in [9.17, 15) is 9.18 Å². The monoisotopic (exact) mass is 475 g/mol. The van der Waals surface area contributed by atoms with Crippen LogP contribution in [0.15, 0.2) is 46.9 Å². The number of amides is 1. The maximum Gasteiger partial charge on any atom is 0.253 e. The molecule has 6 nitrogen and oxygen atoms in total. The predicted octanol–water partition coefficient (Wildman–Crippen LogP) is 4.70. The topological polar surface area (TPSA) is 67.5 Å². The van der Waals surface area contributed by atoms with E-state index < -0.39 is 0 Å². The highest BCUT2D eigenvalue weighted by Gasteiger charge is 2.17. The van der Waals surface area contributed by atoms with Gasteiger partial charge in [0.2, 0.25) is 0 Å². The first kappa shape index (κ1) is 21.8. The molecule has 0 atom stereocenters. The van der Waals surface area contributed by atoms with Crippen molar-refractivity contribution in [2.24, 2.45) is 0 Å². The van der Waals surface area contributed by atoms with Crippen LogP contribution in [-0.4, -0.2) is 48.8 Å². The summed E-state index contributed by atoms with van der Waals surface area (Å²) in [6.07, 6.45) is 1.50. The molecule has 0 saturated heterocycles. The van der Waals surface area contributed by atoms with E-state index in [1.165, 1.54) is 12.1 Å². The summed E-state index contributed by atoms with van der Waals surface area (Å²) < 4.78 is 24.4. The Bertz CT molecular complexity index is 996. The lowest BCUT2D eigenvalue weighted by molar-refractivity contribution is 0.0792. The summed E-state index contributed by atoms with van der Waals surface area (Å²) in [5.41, 5.74) is 3.07. The van der Waals surface area contributed by atoms with E-state index in [4.69, 9.17) is 9.47 Å². The van der Waals surface area contributed by atoms with E-state index in [1.54, 1.807) is 50.4 Å². The van der Waals surface area contributed by atoms with Gasteiger partial charge in [0.05, 0.1) is 19.9 Å². The Morgan fingerprint density at radius 1 is 1.13 bits per heavy atom. The fourth-order valence-electron chi connectivity index (χ4n) is 3.08. The minimum absolute atomic E-state index is 0.115. The van der Waals surface area contributed by atoms with Gasteiger partial charge in [-0.1, -0.05) is 0 Å². The maximum atomic E-state index is 13.1. The number of rotatable bonds is 8. The van der Waals surface area contributed by atoms with Gasteiger partial charge in [0, 0.05) is 30.4 Å². The molecule has 8 heteroatoms. The number of nitrogens with one attached hydrogen (secondary N) is 1. The molecule has 2 aromatic carbocycles. The van der Waals surface area contributed by atoms with Gasteiger partial charge in [0.1, 0.15) is 21.8 Å². The number of carbonyl (C=O) groups excluding carboxylic acids is 1. The van der Waals surface area contributed by atoms with Crippen molar-refractivity contribution in [3.8, 4) is 22.8 Å². The number of carbonyl (C=O) groups is 1. The molecule has 0 radical (unpaired) electrons. The predicted molar refractivity (Wildman–Crippen MR) is 117 cm³/mol. The standard InChI is InChI=1S/C22H23BrFN3O3/c1-27(22(28)15-11-19(29-2)21(23)20(12-15)30-3)10-4-5-17-13-18(26-25-17)14-6-8-16(24)9-7-14/h6-9,11-13H,4-5,10H2,1-3H3,(H,25,26). The van der Waals surface area contributed by atoms with Crippen LogP contribution in [0.1, 0.15) is 22.5 Å². The van der Waals surface area contributed by atoms with Crippen LogP contribution in [0.2, 0.25) is 0 Å². The molecule has 30 heavy (non-hydrogen) atoms. The normalized spacial score (nSPS) is 10.7. The summed E-state index contributed by atoms with van der Waals surface area (Å²) in [6, 6.07) is 11.5. The molecule has 3 rings (SSSR count). The molecule has 1 N–H and O–H groups in total. The third-order valence-electron chi connectivity index (χ3n) is 4.75. The largest absolute Gasteiger partial charge is 0.495 e. The van der Waals surface area contributed by atoms with Crippen LogP contribution in [0.3, 0.4) is 0 Å². The van der Waals surface area contributed by atoms with Gasteiger partial charge in [0.25, 0.3) is 5.91 Å². The van der Waals surface area contributed by atoms with E-state index in [2.05, 4.69) is 26.1 Å². The third kappa shape index (κ3) is 4.99. The fraction of sp³-hybridized carbons (Fsp3) is 0.273. The van der Waals surface area contributed by atoms with E-state index in [-0.39, 0.29) is 11.7 Å². The summed E-state index contributed by atoms with van der Waals surface area (Å²) in [5, 5.41) is 7.29. The number of halogens is 2. The molecule has 1 heterocycles. The van der Waals surface area contributed by atoms with Crippen molar-refractivity contribution < 1.29 is 18.7 Å². The second kappa shape index (κ2) is 9.75. The van der Waals surface area contributed by atoms with Crippen molar-refractivity contribution in [2.45, 2.75) is 12.8 Å². The summed E-state index contributed by atoms with van der Waals surface area (Å²) >= 11 is 3.41. The van der Waals surface area contributed by atoms with Gasteiger partial charge < -0.3 is 14.4 Å². The van der Waals surface area contributed by atoms with Crippen molar-refractivity contribution >= 4 is 21.8 Å². The smallest absolute Gasteiger partial charge is 0.253 e. The second-order valence-corrected chi connectivity index (χ2v) is 7.60. The molecule has 0 aliphatic rings. The molecule has 0 aliphatic carbocycles. The van der Waals surface area contributed by atoms with Gasteiger partial charge in [0.15, 0.2) is 0 Å².